The van der Waals surface area contributed by atoms with Gasteiger partial charge in [0.25, 0.3) is 5.91 Å². The van der Waals surface area contributed by atoms with Crippen molar-refractivity contribution >= 4 is 12.1 Å². The van der Waals surface area contributed by atoms with Crippen molar-refractivity contribution in [2.75, 3.05) is 6.61 Å². The number of hydrogen-bond acceptors (Lipinski definition) is 5. The number of rotatable bonds is 5. The lowest BCUT2D eigenvalue weighted by atomic mass is 10.1. The molecule has 6 heteroatoms. The van der Waals surface area contributed by atoms with Crippen LogP contribution in [-0.4, -0.2) is 29.8 Å². The summed E-state index contributed by atoms with van der Waals surface area (Å²) in [7, 11) is 0. The van der Waals surface area contributed by atoms with E-state index in [1.165, 1.54) is 0 Å². The van der Waals surface area contributed by atoms with Gasteiger partial charge in [-0.25, -0.2) is 5.43 Å². The molecule has 3 rings (SSSR count). The molecule has 1 aromatic heterocycles. The minimum Gasteiger partial charge on any atom is -0.493 e. The van der Waals surface area contributed by atoms with Crippen LogP contribution in [0.3, 0.4) is 0 Å². The highest BCUT2D eigenvalue weighted by atomic mass is 16.5. The quantitative estimate of drug-likeness (QED) is 0.677. The van der Waals surface area contributed by atoms with Crippen LogP contribution < -0.4 is 14.9 Å². The molecule has 24 heavy (non-hydrogen) atoms. The van der Waals surface area contributed by atoms with Crippen molar-refractivity contribution in [3.63, 3.8) is 0 Å². The van der Waals surface area contributed by atoms with Gasteiger partial charge in [-0.1, -0.05) is 0 Å². The van der Waals surface area contributed by atoms with Crippen LogP contribution in [0.5, 0.6) is 11.5 Å². The summed E-state index contributed by atoms with van der Waals surface area (Å²) >= 11 is 0. The van der Waals surface area contributed by atoms with Crippen molar-refractivity contribution in [2.45, 2.75) is 26.4 Å². The van der Waals surface area contributed by atoms with Gasteiger partial charge in [0.1, 0.15) is 17.6 Å². The molecule has 1 amide bonds. The zero-order valence-electron chi connectivity index (χ0n) is 13.7. The number of benzene rings is 1. The lowest BCUT2D eigenvalue weighted by Crippen LogP contribution is -2.17. The van der Waals surface area contributed by atoms with E-state index in [0.717, 1.165) is 29.0 Å². The number of aromatic nitrogens is 1. The fourth-order valence-electron chi connectivity index (χ4n) is 2.56. The maximum Gasteiger partial charge on any atom is 0.271 e. The van der Waals surface area contributed by atoms with E-state index < -0.39 is 0 Å². The Morgan fingerprint density at radius 3 is 3.00 bits per heavy atom. The molecular weight excluding hydrogens is 306 g/mol. The van der Waals surface area contributed by atoms with Gasteiger partial charge in [0.05, 0.1) is 12.8 Å². The second-order valence-electron chi connectivity index (χ2n) is 5.50. The van der Waals surface area contributed by atoms with E-state index in [1.54, 1.807) is 30.7 Å². The van der Waals surface area contributed by atoms with Gasteiger partial charge >= 0.3 is 0 Å². The monoisotopic (exact) mass is 325 g/mol. The van der Waals surface area contributed by atoms with Crippen molar-refractivity contribution < 1.29 is 14.3 Å². The zero-order chi connectivity index (χ0) is 16.9. The molecule has 0 spiro atoms. The first-order chi connectivity index (χ1) is 11.7. The molecule has 1 atom stereocenters. The number of carbonyl (C=O) groups excluding carboxylic acids is 1. The third kappa shape index (κ3) is 3.53. The molecule has 1 aromatic carbocycles. The van der Waals surface area contributed by atoms with Gasteiger partial charge in [0, 0.05) is 35.5 Å². The van der Waals surface area contributed by atoms with E-state index in [0.29, 0.717) is 12.2 Å². The molecule has 1 N–H and O–H groups in total. The van der Waals surface area contributed by atoms with Crippen LogP contribution in [0.1, 0.15) is 35.3 Å². The summed E-state index contributed by atoms with van der Waals surface area (Å²) in [4.78, 5) is 15.8. The van der Waals surface area contributed by atoms with Gasteiger partial charge in [-0.2, -0.15) is 5.10 Å². The molecule has 0 aliphatic carbocycles. The zero-order valence-corrected chi connectivity index (χ0v) is 13.7. The SMILES string of the molecule is CCOc1cc2c(cc1/C=N\NC(=O)c1ccncc1)O[C@H](C)C2. The van der Waals surface area contributed by atoms with Crippen LogP contribution in [0.15, 0.2) is 41.8 Å². The molecule has 0 bridgehead atoms. The Balaban J connectivity index is 1.76. The van der Waals surface area contributed by atoms with E-state index in [4.69, 9.17) is 9.47 Å². The Morgan fingerprint density at radius 1 is 1.46 bits per heavy atom. The standard InChI is InChI=1S/C18H19N3O3/c1-3-23-16-9-14-8-12(2)24-17(14)10-15(16)11-20-21-18(22)13-4-6-19-7-5-13/h4-7,9-12H,3,8H2,1-2H3,(H,21,22)/b20-11-/t12-/m1/s1. The van der Waals surface area contributed by atoms with Crippen molar-refractivity contribution in [3.05, 3.63) is 53.3 Å². The summed E-state index contributed by atoms with van der Waals surface area (Å²) in [5, 5.41) is 4.02. The average molecular weight is 325 g/mol. The van der Waals surface area contributed by atoms with Gasteiger partial charge in [0.15, 0.2) is 0 Å². The summed E-state index contributed by atoms with van der Waals surface area (Å²) < 4.78 is 11.4. The summed E-state index contributed by atoms with van der Waals surface area (Å²) in [5.74, 6) is 1.28. The molecule has 6 nitrogen and oxygen atoms in total. The molecule has 2 heterocycles. The third-order valence-electron chi connectivity index (χ3n) is 3.64. The molecular formula is C18H19N3O3. The Bertz CT molecular complexity index is 760. The van der Waals surface area contributed by atoms with Crippen LogP contribution in [0.2, 0.25) is 0 Å². The Hall–Kier alpha value is -2.89. The smallest absolute Gasteiger partial charge is 0.271 e. The largest absolute Gasteiger partial charge is 0.493 e. The van der Waals surface area contributed by atoms with Gasteiger partial charge in [0.2, 0.25) is 0 Å². The number of hydrogen-bond donors (Lipinski definition) is 1. The number of amides is 1. The average Bonchev–Trinajstić information content (AvgIpc) is 2.95. The Kier molecular flexibility index (Phi) is 4.74. The van der Waals surface area contributed by atoms with Crippen LogP contribution in [0, 0.1) is 0 Å². The number of nitrogens with zero attached hydrogens (tertiary/aromatic N) is 2. The molecule has 0 unspecified atom stereocenters. The predicted molar refractivity (Wildman–Crippen MR) is 90.7 cm³/mol. The summed E-state index contributed by atoms with van der Waals surface area (Å²) in [6, 6.07) is 7.13. The first-order valence-electron chi connectivity index (χ1n) is 7.87. The predicted octanol–water partition coefficient (Wildman–Crippen LogP) is 2.57. The van der Waals surface area contributed by atoms with E-state index in [2.05, 4.69) is 15.5 Å². The number of nitrogens with one attached hydrogen (secondary N) is 1. The number of hydrazone groups is 1. The molecule has 0 fully saturated rings. The number of ether oxygens (including phenoxy) is 2. The van der Waals surface area contributed by atoms with Crippen LogP contribution in [-0.2, 0) is 6.42 Å². The highest BCUT2D eigenvalue weighted by Gasteiger charge is 2.21. The highest BCUT2D eigenvalue weighted by Crippen LogP contribution is 2.34. The van der Waals surface area contributed by atoms with Crippen molar-refractivity contribution in [1.29, 1.82) is 0 Å². The van der Waals surface area contributed by atoms with E-state index in [1.807, 2.05) is 26.0 Å². The minimum atomic E-state index is -0.294. The molecule has 1 aliphatic heterocycles. The third-order valence-corrected chi connectivity index (χ3v) is 3.64. The lowest BCUT2D eigenvalue weighted by Gasteiger charge is -2.09. The number of carbonyl (C=O) groups is 1. The summed E-state index contributed by atoms with van der Waals surface area (Å²) in [5.41, 5.74) is 4.89. The molecule has 1 aliphatic rings. The van der Waals surface area contributed by atoms with Gasteiger partial charge in [-0.3, -0.25) is 9.78 Å². The fourth-order valence-corrected chi connectivity index (χ4v) is 2.56. The van der Waals surface area contributed by atoms with Crippen molar-refractivity contribution in [3.8, 4) is 11.5 Å². The van der Waals surface area contributed by atoms with Crippen LogP contribution in [0.25, 0.3) is 0 Å². The molecule has 124 valence electrons. The fraction of sp³-hybridized carbons (Fsp3) is 0.278. The maximum atomic E-state index is 12.0. The van der Waals surface area contributed by atoms with Gasteiger partial charge in [-0.15, -0.1) is 0 Å². The summed E-state index contributed by atoms with van der Waals surface area (Å²) in [6.07, 6.45) is 5.71. The van der Waals surface area contributed by atoms with Crippen molar-refractivity contribution in [2.24, 2.45) is 5.10 Å². The first kappa shape index (κ1) is 16.0. The van der Waals surface area contributed by atoms with E-state index in [-0.39, 0.29) is 12.0 Å². The van der Waals surface area contributed by atoms with Crippen LogP contribution in [0.4, 0.5) is 0 Å². The molecule has 0 saturated heterocycles. The number of fused-ring (bicyclic) bond motifs is 1. The maximum absolute atomic E-state index is 12.0. The first-order valence-corrected chi connectivity index (χ1v) is 7.87. The van der Waals surface area contributed by atoms with Crippen LogP contribution >= 0.6 is 0 Å². The second kappa shape index (κ2) is 7.12. The lowest BCUT2D eigenvalue weighted by molar-refractivity contribution is 0.0955. The molecule has 2 aromatic rings. The Labute approximate surface area is 140 Å². The molecule has 0 saturated carbocycles. The van der Waals surface area contributed by atoms with E-state index in [9.17, 15) is 4.79 Å². The highest BCUT2D eigenvalue weighted by molar-refractivity contribution is 5.95. The second-order valence-corrected chi connectivity index (χ2v) is 5.50. The summed E-state index contributed by atoms with van der Waals surface area (Å²) in [6.45, 7) is 4.51. The topological polar surface area (TPSA) is 72.8 Å². The minimum absolute atomic E-state index is 0.160. The Morgan fingerprint density at radius 2 is 2.25 bits per heavy atom. The van der Waals surface area contributed by atoms with Crippen molar-refractivity contribution in [1.82, 2.24) is 10.4 Å². The molecule has 0 radical (unpaired) electrons. The van der Waals surface area contributed by atoms with Gasteiger partial charge in [-0.05, 0) is 38.1 Å². The number of pyridine rings is 1. The van der Waals surface area contributed by atoms with Gasteiger partial charge < -0.3 is 9.47 Å². The normalized spacial score (nSPS) is 15.8. The van der Waals surface area contributed by atoms with E-state index >= 15 is 0 Å².